The second kappa shape index (κ2) is 6.49. The summed E-state index contributed by atoms with van der Waals surface area (Å²) >= 11 is 4.60. The van der Waals surface area contributed by atoms with Crippen LogP contribution in [0, 0.1) is 0 Å². The molecule has 7 heteroatoms. The smallest absolute Gasteiger partial charge is 0.284 e. The standard InChI is InChI=1S/C16H11BrN2O3S/c17-11-3-1-2-9(6-11)15(20)18-12-4-5-13-10(7-12)8-14(23-13)16(21)19-22/h1-8,22H,(H,18,20)(H,19,21). The first kappa shape index (κ1) is 15.7. The molecule has 0 aliphatic rings. The van der Waals surface area contributed by atoms with Gasteiger partial charge in [-0.15, -0.1) is 11.3 Å². The fourth-order valence-electron chi connectivity index (χ4n) is 2.12. The molecule has 1 aromatic heterocycles. The number of benzene rings is 2. The number of rotatable bonds is 3. The van der Waals surface area contributed by atoms with E-state index in [1.165, 1.54) is 11.3 Å². The average molecular weight is 391 g/mol. The molecule has 0 atom stereocenters. The van der Waals surface area contributed by atoms with Crippen molar-refractivity contribution in [3.8, 4) is 0 Å². The summed E-state index contributed by atoms with van der Waals surface area (Å²) in [5.74, 6) is -0.764. The maximum atomic E-state index is 12.2. The Morgan fingerprint density at radius 1 is 1.04 bits per heavy atom. The SMILES string of the molecule is O=C(Nc1ccc2sc(C(=O)NO)cc2c1)c1cccc(Br)c1. The minimum Gasteiger partial charge on any atom is -0.322 e. The van der Waals surface area contributed by atoms with E-state index in [1.54, 1.807) is 41.9 Å². The molecule has 3 rings (SSSR count). The van der Waals surface area contributed by atoms with Crippen molar-refractivity contribution in [2.75, 3.05) is 5.32 Å². The Hall–Kier alpha value is -2.22. The lowest BCUT2D eigenvalue weighted by Gasteiger charge is -2.05. The van der Waals surface area contributed by atoms with Gasteiger partial charge in [0, 0.05) is 20.4 Å². The molecule has 0 unspecified atom stereocenters. The molecule has 0 aliphatic carbocycles. The molecule has 3 aromatic rings. The van der Waals surface area contributed by atoms with Gasteiger partial charge in [-0.2, -0.15) is 0 Å². The van der Waals surface area contributed by atoms with E-state index in [2.05, 4.69) is 21.2 Å². The van der Waals surface area contributed by atoms with Crippen LogP contribution in [0.15, 0.2) is 53.0 Å². The van der Waals surface area contributed by atoms with Crippen molar-refractivity contribution in [3.05, 3.63) is 63.4 Å². The second-order valence-corrected chi connectivity index (χ2v) is 6.77. The zero-order valence-corrected chi connectivity index (χ0v) is 14.1. The average Bonchev–Trinajstić information content (AvgIpc) is 2.97. The fraction of sp³-hybridized carbons (Fsp3) is 0. The van der Waals surface area contributed by atoms with Gasteiger partial charge in [-0.25, -0.2) is 5.48 Å². The maximum absolute atomic E-state index is 12.2. The third kappa shape index (κ3) is 3.42. The van der Waals surface area contributed by atoms with Crippen LogP contribution in [-0.4, -0.2) is 17.0 Å². The summed E-state index contributed by atoms with van der Waals surface area (Å²) in [6.45, 7) is 0. The zero-order valence-electron chi connectivity index (χ0n) is 11.7. The number of carbonyl (C=O) groups is 2. The Labute approximate surface area is 144 Å². The molecule has 0 spiro atoms. The number of nitrogens with one attached hydrogen (secondary N) is 2. The first-order valence-electron chi connectivity index (χ1n) is 6.62. The van der Waals surface area contributed by atoms with Crippen LogP contribution < -0.4 is 10.8 Å². The zero-order chi connectivity index (χ0) is 16.4. The van der Waals surface area contributed by atoms with E-state index in [9.17, 15) is 9.59 Å². The molecule has 5 nitrogen and oxygen atoms in total. The Kier molecular flexibility index (Phi) is 4.42. The van der Waals surface area contributed by atoms with E-state index in [-0.39, 0.29) is 5.91 Å². The van der Waals surface area contributed by atoms with Crippen molar-refractivity contribution in [3.63, 3.8) is 0 Å². The molecule has 2 aromatic carbocycles. The largest absolute Gasteiger partial charge is 0.322 e. The summed E-state index contributed by atoms with van der Waals surface area (Å²) in [6, 6.07) is 14.2. The van der Waals surface area contributed by atoms with Crippen LogP contribution in [-0.2, 0) is 0 Å². The molecule has 1 heterocycles. The van der Waals surface area contributed by atoms with Crippen molar-refractivity contribution in [1.82, 2.24) is 5.48 Å². The number of hydrogen-bond donors (Lipinski definition) is 3. The second-order valence-electron chi connectivity index (χ2n) is 4.77. The Morgan fingerprint density at radius 3 is 2.61 bits per heavy atom. The Balaban J connectivity index is 1.85. The first-order valence-corrected chi connectivity index (χ1v) is 8.23. The molecule has 116 valence electrons. The highest BCUT2D eigenvalue weighted by Crippen LogP contribution is 2.28. The topological polar surface area (TPSA) is 78.4 Å². The van der Waals surface area contributed by atoms with Crippen molar-refractivity contribution >= 4 is 54.9 Å². The highest BCUT2D eigenvalue weighted by molar-refractivity contribution is 9.10. The lowest BCUT2D eigenvalue weighted by Crippen LogP contribution is -2.16. The Morgan fingerprint density at radius 2 is 1.87 bits per heavy atom. The van der Waals surface area contributed by atoms with Crippen LogP contribution in [0.5, 0.6) is 0 Å². The lowest BCUT2D eigenvalue weighted by molar-refractivity contribution is 0.0711. The van der Waals surface area contributed by atoms with Crippen LogP contribution >= 0.6 is 27.3 Å². The predicted molar refractivity (Wildman–Crippen MR) is 93.2 cm³/mol. The van der Waals surface area contributed by atoms with Gasteiger partial charge in [0.2, 0.25) is 0 Å². The summed E-state index contributed by atoms with van der Waals surface area (Å²) in [5.41, 5.74) is 2.79. The van der Waals surface area contributed by atoms with Crippen LogP contribution in [0.25, 0.3) is 10.1 Å². The van der Waals surface area contributed by atoms with Gasteiger partial charge in [0.1, 0.15) is 0 Å². The Bertz CT molecular complexity index is 907. The third-order valence-electron chi connectivity index (χ3n) is 3.19. The minimum atomic E-state index is -0.550. The summed E-state index contributed by atoms with van der Waals surface area (Å²) < 4.78 is 1.72. The molecule has 0 saturated heterocycles. The van der Waals surface area contributed by atoms with Crippen molar-refractivity contribution < 1.29 is 14.8 Å². The summed E-state index contributed by atoms with van der Waals surface area (Å²) in [6.07, 6.45) is 0. The summed E-state index contributed by atoms with van der Waals surface area (Å²) in [7, 11) is 0. The molecule has 3 N–H and O–H groups in total. The summed E-state index contributed by atoms with van der Waals surface area (Å²) in [5, 5.41) is 12.3. The third-order valence-corrected chi connectivity index (χ3v) is 4.79. The normalized spacial score (nSPS) is 10.5. The molecule has 0 fully saturated rings. The van der Waals surface area contributed by atoms with Gasteiger partial charge in [0.25, 0.3) is 11.8 Å². The van der Waals surface area contributed by atoms with Gasteiger partial charge in [0.05, 0.1) is 4.88 Å². The quantitative estimate of drug-likeness (QED) is 0.466. The van der Waals surface area contributed by atoms with E-state index in [1.807, 2.05) is 12.1 Å². The molecule has 0 radical (unpaired) electrons. The predicted octanol–water partition coefficient (Wildman–Crippen LogP) is 4.04. The van der Waals surface area contributed by atoms with Gasteiger partial charge in [0.15, 0.2) is 0 Å². The number of amides is 2. The van der Waals surface area contributed by atoms with Gasteiger partial charge in [-0.05, 0) is 47.9 Å². The summed E-state index contributed by atoms with van der Waals surface area (Å²) in [4.78, 5) is 24.1. The van der Waals surface area contributed by atoms with Gasteiger partial charge in [-0.1, -0.05) is 22.0 Å². The number of hydroxylamine groups is 1. The van der Waals surface area contributed by atoms with E-state index >= 15 is 0 Å². The van der Waals surface area contributed by atoms with Crippen LogP contribution in [0.4, 0.5) is 5.69 Å². The highest BCUT2D eigenvalue weighted by atomic mass is 79.9. The molecule has 23 heavy (non-hydrogen) atoms. The number of carbonyl (C=O) groups excluding carboxylic acids is 2. The molecule has 0 aliphatic heterocycles. The van der Waals surface area contributed by atoms with Gasteiger partial charge >= 0.3 is 0 Å². The molecular weight excluding hydrogens is 380 g/mol. The van der Waals surface area contributed by atoms with Crippen LogP contribution in [0.2, 0.25) is 0 Å². The minimum absolute atomic E-state index is 0.214. The van der Waals surface area contributed by atoms with Crippen LogP contribution in [0.1, 0.15) is 20.0 Å². The number of halogens is 1. The number of anilines is 1. The highest BCUT2D eigenvalue weighted by Gasteiger charge is 2.11. The first-order chi connectivity index (χ1) is 11.1. The maximum Gasteiger partial charge on any atom is 0.284 e. The number of fused-ring (bicyclic) bond motifs is 1. The number of hydrogen-bond acceptors (Lipinski definition) is 4. The lowest BCUT2D eigenvalue weighted by atomic mass is 10.2. The van der Waals surface area contributed by atoms with Crippen molar-refractivity contribution in [2.45, 2.75) is 0 Å². The monoisotopic (exact) mass is 390 g/mol. The van der Waals surface area contributed by atoms with Gasteiger partial charge < -0.3 is 5.32 Å². The number of thiophene rings is 1. The van der Waals surface area contributed by atoms with Gasteiger partial charge in [-0.3, -0.25) is 14.8 Å². The molecule has 0 saturated carbocycles. The molecule has 2 amide bonds. The fourth-order valence-corrected chi connectivity index (χ4v) is 3.45. The van der Waals surface area contributed by atoms with E-state index in [0.717, 1.165) is 14.6 Å². The van der Waals surface area contributed by atoms with E-state index in [4.69, 9.17) is 5.21 Å². The van der Waals surface area contributed by atoms with E-state index in [0.29, 0.717) is 16.1 Å². The molecule has 0 bridgehead atoms. The van der Waals surface area contributed by atoms with Crippen molar-refractivity contribution in [2.24, 2.45) is 0 Å². The van der Waals surface area contributed by atoms with E-state index < -0.39 is 5.91 Å². The van der Waals surface area contributed by atoms with Crippen LogP contribution in [0.3, 0.4) is 0 Å². The molecular formula is C16H11BrN2O3S. The van der Waals surface area contributed by atoms with Crippen molar-refractivity contribution in [1.29, 1.82) is 0 Å².